The first-order valence-electron chi connectivity index (χ1n) is 3.98. The minimum atomic E-state index is 0.470. The molecule has 2 bridgehead atoms. The van der Waals surface area contributed by atoms with E-state index >= 15 is 0 Å². The van der Waals surface area contributed by atoms with Crippen molar-refractivity contribution in [3.05, 3.63) is 0 Å². The lowest BCUT2D eigenvalue weighted by molar-refractivity contribution is 0.0922. The maximum Gasteiger partial charge on any atom is 0.0708 e. The molecule has 0 aromatic rings. The molecule has 0 N–H and O–H groups in total. The zero-order chi connectivity index (χ0) is 7.19. The van der Waals surface area contributed by atoms with Gasteiger partial charge in [0.1, 0.15) is 0 Å². The van der Waals surface area contributed by atoms with Gasteiger partial charge in [0.25, 0.3) is 0 Å². The van der Waals surface area contributed by atoms with Crippen LogP contribution in [-0.2, 0) is 4.74 Å². The summed E-state index contributed by atoms with van der Waals surface area (Å²) in [5.74, 6) is 0. The van der Waals surface area contributed by atoms with E-state index in [1.165, 1.54) is 13.0 Å². The number of likely N-dealkylation sites (tertiary alicyclic amines) is 1. The van der Waals surface area contributed by atoms with Crippen LogP contribution < -0.4 is 0 Å². The molecule has 0 aliphatic carbocycles. The first-order chi connectivity index (χ1) is 4.68. The van der Waals surface area contributed by atoms with Crippen LogP contribution in [-0.4, -0.2) is 37.7 Å². The Balaban J connectivity index is 2.13. The number of rotatable bonds is 0. The lowest BCUT2D eigenvalue weighted by Crippen LogP contribution is -2.41. The van der Waals surface area contributed by atoms with E-state index in [1.54, 1.807) is 0 Å². The zero-order valence-corrected chi connectivity index (χ0v) is 6.76. The number of hydrogen-bond acceptors (Lipinski definition) is 2. The molecule has 2 nitrogen and oxygen atoms in total. The van der Waals surface area contributed by atoms with Crippen molar-refractivity contribution in [1.82, 2.24) is 4.90 Å². The molecule has 0 radical (unpaired) electrons. The fourth-order valence-corrected chi connectivity index (χ4v) is 2.28. The number of likely N-dealkylation sites (N-methyl/N-ethyl adjacent to an activating group) is 1. The monoisotopic (exact) mass is 141 g/mol. The normalized spacial score (nSPS) is 48.0. The van der Waals surface area contributed by atoms with Crippen LogP contribution in [0.15, 0.2) is 0 Å². The second kappa shape index (κ2) is 1.95. The summed E-state index contributed by atoms with van der Waals surface area (Å²) in [5, 5.41) is 0. The molecule has 2 atom stereocenters. The number of piperidine rings is 1. The predicted octanol–water partition coefficient (Wildman–Crippen LogP) is 0.727. The van der Waals surface area contributed by atoms with Gasteiger partial charge < -0.3 is 9.64 Å². The van der Waals surface area contributed by atoms with E-state index in [1.807, 2.05) is 0 Å². The van der Waals surface area contributed by atoms with E-state index < -0.39 is 0 Å². The van der Waals surface area contributed by atoms with Gasteiger partial charge in [-0.1, -0.05) is 6.92 Å². The highest BCUT2D eigenvalue weighted by Crippen LogP contribution is 2.36. The van der Waals surface area contributed by atoms with Crippen molar-refractivity contribution >= 4 is 0 Å². The van der Waals surface area contributed by atoms with E-state index in [-0.39, 0.29) is 0 Å². The first-order valence-corrected chi connectivity index (χ1v) is 3.98. The standard InChI is InChI=1S/C8H15NO/c1-8-3-7(10-6-8)4-9(2)5-8/h7H,3-6H2,1-2H3. The molecule has 2 heteroatoms. The topological polar surface area (TPSA) is 12.5 Å². The van der Waals surface area contributed by atoms with Crippen LogP contribution in [0.4, 0.5) is 0 Å². The molecular weight excluding hydrogens is 126 g/mol. The van der Waals surface area contributed by atoms with Crippen molar-refractivity contribution < 1.29 is 4.74 Å². The van der Waals surface area contributed by atoms with Crippen LogP contribution in [0.1, 0.15) is 13.3 Å². The SMILES string of the molecule is CN1CC2CC(C)(CO2)C1. The quantitative estimate of drug-likeness (QED) is 0.493. The van der Waals surface area contributed by atoms with Crippen molar-refractivity contribution in [3.63, 3.8) is 0 Å². The molecule has 0 aromatic carbocycles. The number of fused-ring (bicyclic) bond motifs is 2. The van der Waals surface area contributed by atoms with Crippen LogP contribution in [0.3, 0.4) is 0 Å². The van der Waals surface area contributed by atoms with E-state index in [9.17, 15) is 0 Å². The average molecular weight is 141 g/mol. The van der Waals surface area contributed by atoms with Gasteiger partial charge in [-0.05, 0) is 13.5 Å². The van der Waals surface area contributed by atoms with E-state index in [0.29, 0.717) is 11.5 Å². The summed E-state index contributed by atoms with van der Waals surface area (Å²) < 4.78 is 5.61. The highest BCUT2D eigenvalue weighted by atomic mass is 16.5. The average Bonchev–Trinajstić information content (AvgIpc) is 2.06. The summed E-state index contributed by atoms with van der Waals surface area (Å²) in [7, 11) is 2.18. The van der Waals surface area contributed by atoms with Gasteiger partial charge in [-0.3, -0.25) is 0 Å². The molecule has 58 valence electrons. The van der Waals surface area contributed by atoms with Gasteiger partial charge in [0.15, 0.2) is 0 Å². The summed E-state index contributed by atoms with van der Waals surface area (Å²) in [6.45, 7) is 5.64. The lowest BCUT2D eigenvalue weighted by Gasteiger charge is -2.33. The predicted molar refractivity (Wildman–Crippen MR) is 40.0 cm³/mol. The third-order valence-electron chi connectivity index (χ3n) is 2.55. The molecular formula is C8H15NO. The van der Waals surface area contributed by atoms with Crippen molar-refractivity contribution in [2.45, 2.75) is 19.4 Å². The number of nitrogens with zero attached hydrogens (tertiary/aromatic N) is 1. The fourth-order valence-electron chi connectivity index (χ4n) is 2.28. The third-order valence-corrected chi connectivity index (χ3v) is 2.55. The molecule has 2 aliphatic rings. The Bertz CT molecular complexity index is 148. The summed E-state index contributed by atoms with van der Waals surface area (Å²) in [6.07, 6.45) is 1.81. The van der Waals surface area contributed by atoms with Crippen LogP contribution in [0, 0.1) is 5.41 Å². The Morgan fingerprint density at radius 1 is 1.60 bits per heavy atom. The van der Waals surface area contributed by atoms with Gasteiger partial charge in [-0.2, -0.15) is 0 Å². The van der Waals surface area contributed by atoms with Gasteiger partial charge in [0, 0.05) is 18.5 Å². The largest absolute Gasteiger partial charge is 0.376 e. The maximum absolute atomic E-state index is 5.61. The molecule has 2 aliphatic heterocycles. The summed E-state index contributed by atoms with van der Waals surface area (Å²) in [6, 6.07) is 0. The maximum atomic E-state index is 5.61. The number of ether oxygens (including phenoxy) is 1. The van der Waals surface area contributed by atoms with Crippen molar-refractivity contribution in [3.8, 4) is 0 Å². The zero-order valence-electron chi connectivity index (χ0n) is 6.76. The van der Waals surface area contributed by atoms with E-state index in [4.69, 9.17) is 4.74 Å². The summed E-state index contributed by atoms with van der Waals surface area (Å²) >= 11 is 0. The van der Waals surface area contributed by atoms with Crippen LogP contribution in [0.2, 0.25) is 0 Å². The highest BCUT2D eigenvalue weighted by molar-refractivity contribution is 4.92. The fraction of sp³-hybridized carbons (Fsp3) is 1.00. The molecule has 2 heterocycles. The van der Waals surface area contributed by atoms with Crippen molar-refractivity contribution in [2.24, 2.45) is 5.41 Å². The Morgan fingerprint density at radius 3 is 3.10 bits per heavy atom. The Hall–Kier alpha value is -0.0800. The van der Waals surface area contributed by atoms with Gasteiger partial charge in [0.2, 0.25) is 0 Å². The second-order valence-electron chi connectivity index (χ2n) is 4.14. The summed E-state index contributed by atoms with van der Waals surface area (Å²) in [4.78, 5) is 2.38. The Labute approximate surface area is 62.2 Å². The van der Waals surface area contributed by atoms with Gasteiger partial charge in [-0.25, -0.2) is 0 Å². The highest BCUT2D eigenvalue weighted by Gasteiger charge is 2.41. The van der Waals surface area contributed by atoms with Crippen LogP contribution in [0.25, 0.3) is 0 Å². The lowest BCUT2D eigenvalue weighted by atomic mass is 9.84. The second-order valence-corrected chi connectivity index (χ2v) is 4.14. The molecule has 2 saturated heterocycles. The first kappa shape index (κ1) is 6.62. The minimum absolute atomic E-state index is 0.470. The Morgan fingerprint density at radius 2 is 2.40 bits per heavy atom. The van der Waals surface area contributed by atoms with E-state index in [2.05, 4.69) is 18.9 Å². The molecule has 0 amide bonds. The molecule has 0 aromatic heterocycles. The minimum Gasteiger partial charge on any atom is -0.376 e. The van der Waals surface area contributed by atoms with Crippen LogP contribution in [0.5, 0.6) is 0 Å². The smallest absolute Gasteiger partial charge is 0.0708 e. The molecule has 10 heavy (non-hydrogen) atoms. The number of hydrogen-bond donors (Lipinski definition) is 0. The molecule has 0 spiro atoms. The van der Waals surface area contributed by atoms with Crippen molar-refractivity contribution in [1.29, 1.82) is 0 Å². The third kappa shape index (κ3) is 0.956. The molecule has 2 rings (SSSR count). The van der Waals surface area contributed by atoms with E-state index in [0.717, 1.165) is 13.2 Å². The molecule has 0 saturated carbocycles. The summed E-state index contributed by atoms with van der Waals surface area (Å²) in [5.41, 5.74) is 0.470. The molecule has 2 fully saturated rings. The van der Waals surface area contributed by atoms with Gasteiger partial charge in [-0.15, -0.1) is 0 Å². The van der Waals surface area contributed by atoms with Crippen LogP contribution >= 0.6 is 0 Å². The molecule has 2 unspecified atom stereocenters. The van der Waals surface area contributed by atoms with Gasteiger partial charge in [0.05, 0.1) is 12.7 Å². The van der Waals surface area contributed by atoms with Crippen molar-refractivity contribution in [2.75, 3.05) is 26.7 Å². The van der Waals surface area contributed by atoms with Gasteiger partial charge >= 0.3 is 0 Å². The Kier molecular flexibility index (Phi) is 1.29.